The van der Waals surface area contributed by atoms with Crippen LogP contribution in [-0.4, -0.2) is 27.9 Å². The Labute approximate surface area is 135 Å². The van der Waals surface area contributed by atoms with Gasteiger partial charge in [-0.2, -0.15) is 0 Å². The van der Waals surface area contributed by atoms with Crippen molar-refractivity contribution in [2.45, 2.75) is 26.3 Å². The number of aromatic nitrogens is 2. The van der Waals surface area contributed by atoms with Crippen LogP contribution in [0.4, 0.5) is 0 Å². The molecule has 0 unspecified atom stereocenters. The van der Waals surface area contributed by atoms with Crippen molar-refractivity contribution in [2.75, 3.05) is 6.54 Å². The highest BCUT2D eigenvalue weighted by atomic mass is 16.2. The van der Waals surface area contributed by atoms with Gasteiger partial charge >= 0.3 is 0 Å². The third-order valence-corrected chi connectivity index (χ3v) is 3.57. The number of hydrogen-bond acceptors (Lipinski definition) is 3. The van der Waals surface area contributed by atoms with Crippen LogP contribution in [0.2, 0.25) is 0 Å². The maximum absolute atomic E-state index is 11.8. The maximum Gasteiger partial charge on any atom is 0.239 e. The van der Waals surface area contributed by atoms with Crippen LogP contribution in [0.5, 0.6) is 0 Å². The molecule has 2 aromatic rings. The van der Waals surface area contributed by atoms with Crippen LogP contribution in [0.3, 0.4) is 0 Å². The van der Waals surface area contributed by atoms with Gasteiger partial charge in [0.1, 0.15) is 5.82 Å². The zero-order chi connectivity index (χ0) is 16.7. The molecule has 0 atom stereocenters. The van der Waals surface area contributed by atoms with Crippen molar-refractivity contribution in [2.24, 2.45) is 7.05 Å². The van der Waals surface area contributed by atoms with Crippen LogP contribution in [0.1, 0.15) is 23.4 Å². The molecule has 1 heterocycles. The number of rotatable bonds is 7. The summed E-state index contributed by atoms with van der Waals surface area (Å²) in [6.07, 6.45) is 4.53. The van der Waals surface area contributed by atoms with Gasteiger partial charge in [0.25, 0.3) is 0 Å². The van der Waals surface area contributed by atoms with Gasteiger partial charge in [-0.05, 0) is 18.9 Å². The molecule has 23 heavy (non-hydrogen) atoms. The minimum Gasteiger partial charge on any atom is -0.347 e. The Kier molecular flexibility index (Phi) is 5.91. The second-order valence-corrected chi connectivity index (χ2v) is 5.49. The molecule has 0 saturated carbocycles. The molecule has 1 aromatic carbocycles. The Hall–Kier alpha value is -2.63. The molecule has 0 radical (unpaired) electrons. The highest BCUT2D eigenvalue weighted by Gasteiger charge is 2.07. The predicted octanol–water partition coefficient (Wildman–Crippen LogP) is 1.09. The fraction of sp³-hybridized carbons (Fsp3) is 0.353. The summed E-state index contributed by atoms with van der Waals surface area (Å²) in [5, 5.41) is 5.35. The molecule has 0 bridgehead atoms. The quantitative estimate of drug-likeness (QED) is 0.803. The molecule has 0 aliphatic rings. The molecule has 0 spiro atoms. The smallest absolute Gasteiger partial charge is 0.239 e. The van der Waals surface area contributed by atoms with Crippen LogP contribution < -0.4 is 10.6 Å². The fourth-order valence-corrected chi connectivity index (χ4v) is 2.09. The van der Waals surface area contributed by atoms with Gasteiger partial charge in [-0.1, -0.05) is 29.8 Å². The highest BCUT2D eigenvalue weighted by molar-refractivity contribution is 5.84. The highest BCUT2D eigenvalue weighted by Crippen LogP contribution is 2.05. The Morgan fingerprint density at radius 2 is 1.87 bits per heavy atom. The minimum atomic E-state index is -0.225. The Morgan fingerprint density at radius 3 is 2.52 bits per heavy atom. The van der Waals surface area contributed by atoms with E-state index in [4.69, 9.17) is 0 Å². The third-order valence-electron chi connectivity index (χ3n) is 3.57. The Balaban J connectivity index is 1.64. The van der Waals surface area contributed by atoms with Crippen molar-refractivity contribution in [3.8, 4) is 0 Å². The first-order valence-corrected chi connectivity index (χ1v) is 7.60. The van der Waals surface area contributed by atoms with E-state index in [9.17, 15) is 9.59 Å². The zero-order valence-electron chi connectivity index (χ0n) is 13.5. The van der Waals surface area contributed by atoms with E-state index in [2.05, 4.69) is 15.6 Å². The van der Waals surface area contributed by atoms with Crippen LogP contribution in [0.25, 0.3) is 0 Å². The fourth-order valence-electron chi connectivity index (χ4n) is 2.09. The Morgan fingerprint density at radius 1 is 1.13 bits per heavy atom. The van der Waals surface area contributed by atoms with Gasteiger partial charge in [-0.25, -0.2) is 4.98 Å². The van der Waals surface area contributed by atoms with Gasteiger partial charge in [0.05, 0.1) is 13.1 Å². The standard InChI is InChI=1S/C17H22N4O2/c1-13-3-5-14(6-4-13)7-8-16(22)20-12-17(23)19-11-15-18-9-10-21(15)2/h3-6,9-10H,7-8,11-12H2,1-2H3,(H,19,23)(H,20,22). The van der Waals surface area contributed by atoms with Gasteiger partial charge in [-0.15, -0.1) is 0 Å². The van der Waals surface area contributed by atoms with E-state index < -0.39 is 0 Å². The summed E-state index contributed by atoms with van der Waals surface area (Å²) in [5.74, 6) is 0.415. The minimum absolute atomic E-state index is 0.0167. The summed E-state index contributed by atoms with van der Waals surface area (Å²) in [5.41, 5.74) is 2.31. The average molecular weight is 314 g/mol. The molecule has 2 amide bonds. The first-order chi connectivity index (χ1) is 11.0. The normalized spacial score (nSPS) is 10.3. The lowest BCUT2D eigenvalue weighted by atomic mass is 10.1. The van der Waals surface area contributed by atoms with E-state index in [1.807, 2.05) is 49.0 Å². The zero-order valence-corrected chi connectivity index (χ0v) is 13.5. The van der Waals surface area contributed by atoms with Gasteiger partial charge in [-0.3, -0.25) is 9.59 Å². The van der Waals surface area contributed by atoms with Crippen molar-refractivity contribution in [3.63, 3.8) is 0 Å². The van der Waals surface area contributed by atoms with Crippen LogP contribution in [0, 0.1) is 6.92 Å². The molecule has 0 saturated heterocycles. The van der Waals surface area contributed by atoms with Gasteiger partial charge in [0, 0.05) is 25.9 Å². The number of hydrogen-bond donors (Lipinski definition) is 2. The topological polar surface area (TPSA) is 76.0 Å². The first-order valence-electron chi connectivity index (χ1n) is 7.60. The van der Waals surface area contributed by atoms with Crippen LogP contribution in [-0.2, 0) is 29.6 Å². The number of benzene rings is 1. The summed E-state index contributed by atoms with van der Waals surface area (Å²) >= 11 is 0. The van der Waals surface area contributed by atoms with Crippen molar-refractivity contribution in [1.82, 2.24) is 20.2 Å². The van der Waals surface area contributed by atoms with Crippen LogP contribution in [0.15, 0.2) is 36.7 Å². The molecule has 0 aliphatic heterocycles. The lowest BCUT2D eigenvalue weighted by Crippen LogP contribution is -2.37. The molecule has 0 aliphatic carbocycles. The molecule has 1 aromatic heterocycles. The van der Waals surface area contributed by atoms with E-state index in [0.29, 0.717) is 19.4 Å². The number of nitrogens with zero attached hydrogens (tertiary/aromatic N) is 2. The van der Waals surface area contributed by atoms with Crippen molar-refractivity contribution in [3.05, 3.63) is 53.6 Å². The summed E-state index contributed by atoms with van der Waals surface area (Å²) in [7, 11) is 1.86. The maximum atomic E-state index is 11.8. The summed E-state index contributed by atoms with van der Waals surface area (Å²) in [6.45, 7) is 2.36. The van der Waals surface area contributed by atoms with E-state index in [1.165, 1.54) is 5.56 Å². The molecule has 0 fully saturated rings. The molecular weight excluding hydrogens is 292 g/mol. The summed E-state index contributed by atoms with van der Waals surface area (Å²) in [4.78, 5) is 27.6. The molecule has 6 heteroatoms. The lowest BCUT2D eigenvalue weighted by molar-refractivity contribution is -0.126. The summed E-state index contributed by atoms with van der Waals surface area (Å²) in [6, 6.07) is 8.08. The van der Waals surface area contributed by atoms with Crippen molar-refractivity contribution >= 4 is 11.8 Å². The number of carbonyl (C=O) groups excluding carboxylic acids is 2. The van der Waals surface area contributed by atoms with Gasteiger partial charge in [0.15, 0.2) is 0 Å². The van der Waals surface area contributed by atoms with E-state index in [1.54, 1.807) is 6.20 Å². The molecule has 2 N–H and O–H groups in total. The average Bonchev–Trinajstić information content (AvgIpc) is 2.95. The van der Waals surface area contributed by atoms with E-state index >= 15 is 0 Å². The van der Waals surface area contributed by atoms with Crippen molar-refractivity contribution in [1.29, 1.82) is 0 Å². The first kappa shape index (κ1) is 16.7. The van der Waals surface area contributed by atoms with E-state index in [0.717, 1.165) is 11.4 Å². The molecule has 2 rings (SSSR count). The predicted molar refractivity (Wildman–Crippen MR) is 87.6 cm³/mol. The molecule has 122 valence electrons. The second-order valence-electron chi connectivity index (χ2n) is 5.49. The second kappa shape index (κ2) is 8.12. The largest absolute Gasteiger partial charge is 0.347 e. The number of carbonyl (C=O) groups is 2. The monoisotopic (exact) mass is 314 g/mol. The van der Waals surface area contributed by atoms with Gasteiger partial charge in [0.2, 0.25) is 11.8 Å². The van der Waals surface area contributed by atoms with Crippen LogP contribution >= 0.6 is 0 Å². The summed E-state index contributed by atoms with van der Waals surface area (Å²) < 4.78 is 1.83. The Bertz CT molecular complexity index is 661. The molecule has 6 nitrogen and oxygen atoms in total. The van der Waals surface area contributed by atoms with Crippen molar-refractivity contribution < 1.29 is 9.59 Å². The number of aryl methyl sites for hydroxylation is 3. The number of amides is 2. The third kappa shape index (κ3) is 5.58. The van der Waals surface area contributed by atoms with E-state index in [-0.39, 0.29) is 18.4 Å². The van der Waals surface area contributed by atoms with Gasteiger partial charge < -0.3 is 15.2 Å². The number of imidazole rings is 1. The number of nitrogens with one attached hydrogen (secondary N) is 2. The SMILES string of the molecule is Cc1ccc(CCC(=O)NCC(=O)NCc2nccn2C)cc1. The lowest BCUT2D eigenvalue weighted by Gasteiger charge is -2.07. The molecular formula is C17H22N4O2.